The molecule has 1 heterocycles. The van der Waals surface area contributed by atoms with Crippen molar-refractivity contribution >= 4 is 11.8 Å². The lowest BCUT2D eigenvalue weighted by Crippen LogP contribution is -2.34. The zero-order valence-electron chi connectivity index (χ0n) is 12.7. The minimum atomic E-state index is -0.0408. The van der Waals surface area contributed by atoms with Gasteiger partial charge in [-0.05, 0) is 38.3 Å². The number of rotatable bonds is 5. The zero-order chi connectivity index (χ0) is 15.1. The predicted octanol–water partition coefficient (Wildman–Crippen LogP) is 2.52. The Morgan fingerprint density at radius 1 is 1.29 bits per heavy atom. The Bertz CT molecular complexity index is 499. The first-order chi connectivity index (χ1) is 10.2. The number of nitrogens with zero attached hydrogens (tertiary/aromatic N) is 1. The molecule has 2 amide bonds. The molecule has 0 spiro atoms. The molecule has 4 heteroatoms. The topological polar surface area (TPSA) is 49.4 Å². The maximum absolute atomic E-state index is 12.0. The molecule has 1 fully saturated rings. The van der Waals surface area contributed by atoms with E-state index in [9.17, 15) is 9.59 Å². The van der Waals surface area contributed by atoms with Gasteiger partial charge in [0.1, 0.15) is 0 Å². The highest BCUT2D eigenvalue weighted by Crippen LogP contribution is 2.11. The molecule has 4 nitrogen and oxygen atoms in total. The fourth-order valence-electron chi connectivity index (χ4n) is 2.64. The van der Waals surface area contributed by atoms with E-state index in [0.717, 1.165) is 44.3 Å². The molecule has 2 rings (SSSR count). The number of hydrogen-bond acceptors (Lipinski definition) is 2. The van der Waals surface area contributed by atoms with E-state index in [0.29, 0.717) is 18.5 Å². The summed E-state index contributed by atoms with van der Waals surface area (Å²) in [6.07, 6.45) is 4.74. The van der Waals surface area contributed by atoms with Gasteiger partial charge in [-0.1, -0.05) is 24.1 Å². The summed E-state index contributed by atoms with van der Waals surface area (Å²) in [7, 11) is 0. The molecule has 0 bridgehead atoms. The van der Waals surface area contributed by atoms with Crippen LogP contribution in [-0.2, 0) is 4.79 Å². The molecule has 1 aliphatic heterocycles. The van der Waals surface area contributed by atoms with Crippen molar-refractivity contribution in [2.24, 2.45) is 0 Å². The molecule has 1 saturated heterocycles. The van der Waals surface area contributed by atoms with Gasteiger partial charge in [-0.25, -0.2) is 0 Å². The van der Waals surface area contributed by atoms with Crippen molar-refractivity contribution in [2.75, 3.05) is 19.6 Å². The van der Waals surface area contributed by atoms with Crippen LogP contribution in [0, 0.1) is 6.92 Å². The van der Waals surface area contributed by atoms with Gasteiger partial charge in [-0.15, -0.1) is 0 Å². The first-order valence-corrected chi connectivity index (χ1v) is 7.79. The molecule has 0 aliphatic carbocycles. The fraction of sp³-hybridized carbons (Fsp3) is 0.529. The van der Waals surface area contributed by atoms with E-state index in [1.807, 2.05) is 36.1 Å². The van der Waals surface area contributed by atoms with Gasteiger partial charge in [-0.3, -0.25) is 9.59 Å². The van der Waals surface area contributed by atoms with Crippen LogP contribution in [0.15, 0.2) is 24.3 Å². The lowest BCUT2D eigenvalue weighted by molar-refractivity contribution is -0.130. The molecule has 1 aromatic rings. The van der Waals surface area contributed by atoms with Crippen molar-refractivity contribution in [2.45, 2.75) is 39.0 Å². The largest absolute Gasteiger partial charge is 0.352 e. The number of likely N-dealkylation sites (tertiary alicyclic amines) is 1. The van der Waals surface area contributed by atoms with Crippen molar-refractivity contribution < 1.29 is 9.59 Å². The predicted molar refractivity (Wildman–Crippen MR) is 83.2 cm³/mol. The number of nitrogens with one attached hydrogen (secondary N) is 1. The van der Waals surface area contributed by atoms with Gasteiger partial charge in [0.15, 0.2) is 0 Å². The average Bonchev–Trinajstić information content (AvgIpc) is 2.68. The highest BCUT2D eigenvalue weighted by atomic mass is 16.2. The summed E-state index contributed by atoms with van der Waals surface area (Å²) in [6, 6.07) is 7.57. The summed E-state index contributed by atoms with van der Waals surface area (Å²) in [6.45, 7) is 4.19. The molecule has 0 aromatic heterocycles. The van der Waals surface area contributed by atoms with Gasteiger partial charge >= 0.3 is 0 Å². The number of benzene rings is 1. The number of amides is 2. The van der Waals surface area contributed by atoms with Crippen LogP contribution in [0.2, 0.25) is 0 Å². The molecular weight excluding hydrogens is 264 g/mol. The van der Waals surface area contributed by atoms with Crippen molar-refractivity contribution in [1.82, 2.24) is 10.2 Å². The summed E-state index contributed by atoms with van der Waals surface area (Å²) in [4.78, 5) is 25.8. The summed E-state index contributed by atoms with van der Waals surface area (Å²) < 4.78 is 0. The number of carbonyl (C=O) groups is 2. The molecular formula is C17H24N2O2. The third-order valence-corrected chi connectivity index (χ3v) is 3.84. The minimum Gasteiger partial charge on any atom is -0.352 e. The summed E-state index contributed by atoms with van der Waals surface area (Å²) in [5.41, 5.74) is 1.78. The van der Waals surface area contributed by atoms with Crippen molar-refractivity contribution in [3.8, 4) is 0 Å². The van der Waals surface area contributed by atoms with E-state index in [-0.39, 0.29) is 11.8 Å². The Hall–Kier alpha value is -1.84. The van der Waals surface area contributed by atoms with Crippen LogP contribution in [0.1, 0.15) is 48.0 Å². The lowest BCUT2D eigenvalue weighted by atomic mass is 10.1. The summed E-state index contributed by atoms with van der Waals surface area (Å²) >= 11 is 0. The second kappa shape index (κ2) is 7.81. The van der Waals surface area contributed by atoms with Crippen LogP contribution < -0.4 is 5.32 Å². The first kappa shape index (κ1) is 15.5. The number of aryl methyl sites for hydroxylation is 1. The van der Waals surface area contributed by atoms with Gasteiger partial charge in [-0.2, -0.15) is 0 Å². The van der Waals surface area contributed by atoms with Crippen LogP contribution in [-0.4, -0.2) is 36.3 Å². The van der Waals surface area contributed by atoms with E-state index in [4.69, 9.17) is 0 Å². The van der Waals surface area contributed by atoms with Gasteiger partial charge in [0.25, 0.3) is 5.91 Å². The van der Waals surface area contributed by atoms with Crippen molar-refractivity contribution in [3.63, 3.8) is 0 Å². The molecule has 1 aromatic carbocycles. The Balaban J connectivity index is 1.71. The lowest BCUT2D eigenvalue weighted by Gasteiger charge is -2.20. The third kappa shape index (κ3) is 4.88. The van der Waals surface area contributed by atoms with Crippen LogP contribution in [0.25, 0.3) is 0 Å². The Labute approximate surface area is 126 Å². The van der Waals surface area contributed by atoms with E-state index in [1.54, 1.807) is 0 Å². The normalized spacial score (nSPS) is 15.7. The first-order valence-electron chi connectivity index (χ1n) is 7.79. The van der Waals surface area contributed by atoms with Gasteiger partial charge < -0.3 is 10.2 Å². The summed E-state index contributed by atoms with van der Waals surface area (Å²) in [5.74, 6) is 0.221. The molecule has 0 unspecified atom stereocenters. The molecule has 0 radical (unpaired) electrons. The smallest absolute Gasteiger partial charge is 0.251 e. The van der Waals surface area contributed by atoms with E-state index < -0.39 is 0 Å². The van der Waals surface area contributed by atoms with Crippen LogP contribution in [0.4, 0.5) is 0 Å². The molecule has 0 atom stereocenters. The highest BCUT2D eigenvalue weighted by molar-refractivity contribution is 5.94. The Morgan fingerprint density at radius 2 is 2.14 bits per heavy atom. The highest BCUT2D eigenvalue weighted by Gasteiger charge is 2.15. The molecule has 0 saturated carbocycles. The second-order valence-electron chi connectivity index (χ2n) is 5.67. The fourth-order valence-corrected chi connectivity index (χ4v) is 2.64. The zero-order valence-corrected chi connectivity index (χ0v) is 12.7. The quantitative estimate of drug-likeness (QED) is 0.846. The maximum atomic E-state index is 12.0. The molecule has 1 aliphatic rings. The SMILES string of the molecule is Cc1cccc(C(=O)NCCCN2CCCCCC2=O)c1. The standard InChI is InChI=1S/C17H24N2O2/c1-14-7-5-8-15(13-14)17(21)18-10-6-12-19-11-4-2-3-9-16(19)20/h5,7-8,13H,2-4,6,9-12H2,1H3,(H,18,21). The number of carbonyl (C=O) groups excluding carboxylic acids is 2. The summed E-state index contributed by atoms with van der Waals surface area (Å²) in [5, 5.41) is 2.92. The molecule has 1 N–H and O–H groups in total. The average molecular weight is 288 g/mol. The maximum Gasteiger partial charge on any atom is 0.251 e. The van der Waals surface area contributed by atoms with Crippen LogP contribution in [0.5, 0.6) is 0 Å². The van der Waals surface area contributed by atoms with Gasteiger partial charge in [0.05, 0.1) is 0 Å². The minimum absolute atomic E-state index is 0.0408. The number of hydrogen-bond donors (Lipinski definition) is 1. The van der Waals surface area contributed by atoms with Gasteiger partial charge in [0.2, 0.25) is 5.91 Å². The van der Waals surface area contributed by atoms with E-state index in [2.05, 4.69) is 5.32 Å². The molecule has 114 valence electrons. The molecule has 21 heavy (non-hydrogen) atoms. The Kier molecular flexibility index (Phi) is 5.78. The monoisotopic (exact) mass is 288 g/mol. The van der Waals surface area contributed by atoms with Gasteiger partial charge in [0, 0.05) is 31.6 Å². The Morgan fingerprint density at radius 3 is 2.95 bits per heavy atom. The van der Waals surface area contributed by atoms with Crippen molar-refractivity contribution in [3.05, 3.63) is 35.4 Å². The van der Waals surface area contributed by atoms with Crippen LogP contribution >= 0.6 is 0 Å². The van der Waals surface area contributed by atoms with E-state index >= 15 is 0 Å². The van der Waals surface area contributed by atoms with E-state index in [1.165, 1.54) is 0 Å². The van der Waals surface area contributed by atoms with Crippen LogP contribution in [0.3, 0.4) is 0 Å². The third-order valence-electron chi connectivity index (χ3n) is 3.84. The van der Waals surface area contributed by atoms with Crippen molar-refractivity contribution in [1.29, 1.82) is 0 Å². The second-order valence-corrected chi connectivity index (χ2v) is 5.67.